The Morgan fingerprint density at radius 1 is 1.04 bits per heavy atom. The van der Waals surface area contributed by atoms with Gasteiger partial charge in [-0.05, 0) is 37.8 Å². The number of carbonyl (C=O) groups excluding carboxylic acids is 2. The third-order valence-electron chi connectivity index (χ3n) is 5.69. The number of rotatable bonds is 5. The van der Waals surface area contributed by atoms with E-state index in [2.05, 4.69) is 4.90 Å². The van der Waals surface area contributed by atoms with Crippen LogP contribution in [0.2, 0.25) is 0 Å². The summed E-state index contributed by atoms with van der Waals surface area (Å²) in [7, 11) is 0. The Labute approximate surface area is 154 Å². The maximum atomic E-state index is 12.8. The molecule has 2 aliphatic heterocycles. The van der Waals surface area contributed by atoms with Crippen molar-refractivity contribution in [1.82, 2.24) is 9.80 Å². The molecule has 26 heavy (non-hydrogen) atoms. The molecule has 2 atom stereocenters. The highest BCUT2D eigenvalue weighted by Gasteiger charge is 2.36. The van der Waals surface area contributed by atoms with E-state index in [1.54, 1.807) is 24.3 Å². The minimum Gasteiger partial charge on any atom is -0.396 e. The quantitative estimate of drug-likeness (QED) is 0.767. The topological polar surface area (TPSA) is 81.1 Å². The smallest absolute Gasteiger partial charge is 0.253 e. The van der Waals surface area contributed by atoms with Gasteiger partial charge in [0.25, 0.3) is 5.91 Å². The van der Waals surface area contributed by atoms with E-state index in [-0.39, 0.29) is 36.2 Å². The number of nitrogens with zero attached hydrogens (tertiary/aromatic N) is 2. The van der Waals surface area contributed by atoms with Gasteiger partial charge in [-0.25, -0.2) is 0 Å². The third-order valence-corrected chi connectivity index (χ3v) is 5.69. The highest BCUT2D eigenvalue weighted by Crippen LogP contribution is 2.27. The van der Waals surface area contributed by atoms with Gasteiger partial charge >= 0.3 is 0 Å². The number of benzene rings is 1. The second kappa shape index (κ2) is 8.29. The number of carbonyl (C=O) groups is 2. The van der Waals surface area contributed by atoms with Crippen molar-refractivity contribution in [2.45, 2.75) is 25.9 Å². The minimum absolute atomic E-state index is 0.0165. The molecule has 0 spiro atoms. The van der Waals surface area contributed by atoms with Crippen molar-refractivity contribution >= 4 is 11.7 Å². The third kappa shape index (κ3) is 4.31. The molecule has 2 fully saturated rings. The van der Waals surface area contributed by atoms with Gasteiger partial charge in [-0.2, -0.15) is 0 Å². The van der Waals surface area contributed by atoms with Crippen molar-refractivity contribution in [3.8, 4) is 0 Å². The summed E-state index contributed by atoms with van der Waals surface area (Å²) < 4.78 is 0. The number of ketones is 1. The molecule has 1 aromatic carbocycles. The maximum Gasteiger partial charge on any atom is 0.253 e. The fourth-order valence-corrected chi connectivity index (χ4v) is 3.98. The van der Waals surface area contributed by atoms with Gasteiger partial charge in [0, 0.05) is 56.4 Å². The van der Waals surface area contributed by atoms with Gasteiger partial charge in [0.15, 0.2) is 5.78 Å². The summed E-state index contributed by atoms with van der Waals surface area (Å²) in [6.07, 6.45) is 1.39. The molecule has 0 aliphatic carbocycles. The van der Waals surface area contributed by atoms with E-state index >= 15 is 0 Å². The van der Waals surface area contributed by atoms with Crippen molar-refractivity contribution in [3.63, 3.8) is 0 Å². The number of aliphatic hydroxyl groups excluding tert-OH is 2. The lowest BCUT2D eigenvalue weighted by Crippen LogP contribution is -2.40. The summed E-state index contributed by atoms with van der Waals surface area (Å²) in [5.41, 5.74) is 1.18. The Morgan fingerprint density at radius 3 is 2.19 bits per heavy atom. The lowest BCUT2D eigenvalue weighted by atomic mass is 9.95. The number of piperidine rings is 1. The van der Waals surface area contributed by atoms with Crippen LogP contribution in [-0.2, 0) is 0 Å². The summed E-state index contributed by atoms with van der Waals surface area (Å²) in [4.78, 5) is 28.3. The first-order valence-electron chi connectivity index (χ1n) is 9.39. The molecule has 2 saturated heterocycles. The average molecular weight is 360 g/mol. The predicted octanol–water partition coefficient (Wildman–Crippen LogP) is 1.03. The fraction of sp³-hybridized carbons (Fsp3) is 0.600. The predicted molar refractivity (Wildman–Crippen MR) is 98.1 cm³/mol. The Kier molecular flexibility index (Phi) is 6.06. The largest absolute Gasteiger partial charge is 0.396 e. The molecule has 6 nitrogen and oxygen atoms in total. The fourth-order valence-electron chi connectivity index (χ4n) is 3.98. The van der Waals surface area contributed by atoms with Gasteiger partial charge in [0.2, 0.25) is 0 Å². The Balaban J connectivity index is 1.62. The van der Waals surface area contributed by atoms with E-state index in [0.717, 1.165) is 32.5 Å². The van der Waals surface area contributed by atoms with E-state index in [1.165, 1.54) is 6.92 Å². The molecule has 2 N–H and O–H groups in total. The number of amides is 1. The van der Waals surface area contributed by atoms with Crippen LogP contribution in [-0.4, -0.2) is 77.1 Å². The Hall–Kier alpha value is -1.76. The van der Waals surface area contributed by atoms with Crippen LogP contribution in [0.1, 0.15) is 40.5 Å². The van der Waals surface area contributed by atoms with Crippen molar-refractivity contribution in [2.75, 3.05) is 39.3 Å². The monoisotopic (exact) mass is 360 g/mol. The molecule has 3 rings (SSSR count). The highest BCUT2D eigenvalue weighted by atomic mass is 16.3. The van der Waals surface area contributed by atoms with Crippen LogP contribution in [0.3, 0.4) is 0 Å². The van der Waals surface area contributed by atoms with Crippen LogP contribution in [0.5, 0.6) is 0 Å². The minimum atomic E-state index is -0.195. The van der Waals surface area contributed by atoms with Crippen molar-refractivity contribution < 1.29 is 19.8 Å². The summed E-state index contributed by atoms with van der Waals surface area (Å²) in [6, 6.07) is 6.77. The number of Topliss-reactive ketones (excluding diaryl/α,β-unsaturated/α-hetero) is 1. The zero-order valence-electron chi connectivity index (χ0n) is 15.3. The van der Waals surface area contributed by atoms with Gasteiger partial charge in [-0.15, -0.1) is 0 Å². The molecule has 0 unspecified atom stereocenters. The molecule has 0 saturated carbocycles. The number of hydrogen-bond donors (Lipinski definition) is 2. The zero-order valence-corrected chi connectivity index (χ0v) is 15.3. The maximum absolute atomic E-state index is 12.8. The van der Waals surface area contributed by atoms with E-state index < -0.39 is 0 Å². The molecule has 0 aromatic heterocycles. The van der Waals surface area contributed by atoms with Crippen molar-refractivity contribution in [3.05, 3.63) is 35.4 Å². The Morgan fingerprint density at radius 2 is 1.62 bits per heavy atom. The first-order chi connectivity index (χ1) is 12.5. The number of hydrogen-bond acceptors (Lipinski definition) is 5. The molecule has 142 valence electrons. The normalized spacial score (nSPS) is 24.8. The van der Waals surface area contributed by atoms with Crippen LogP contribution in [0.15, 0.2) is 24.3 Å². The van der Waals surface area contributed by atoms with E-state index in [1.807, 2.05) is 4.90 Å². The molecular formula is C20H28N2O4. The molecule has 6 heteroatoms. The molecular weight excluding hydrogens is 332 g/mol. The first-order valence-corrected chi connectivity index (χ1v) is 9.39. The van der Waals surface area contributed by atoms with Crippen LogP contribution < -0.4 is 0 Å². The van der Waals surface area contributed by atoms with Crippen LogP contribution in [0.25, 0.3) is 0 Å². The molecule has 0 radical (unpaired) electrons. The van der Waals surface area contributed by atoms with E-state index in [4.69, 9.17) is 0 Å². The van der Waals surface area contributed by atoms with Crippen molar-refractivity contribution in [2.24, 2.45) is 11.8 Å². The van der Waals surface area contributed by atoms with Gasteiger partial charge in [0.1, 0.15) is 0 Å². The van der Waals surface area contributed by atoms with E-state index in [0.29, 0.717) is 24.2 Å². The lowest BCUT2D eigenvalue weighted by molar-refractivity contribution is 0.0679. The van der Waals surface area contributed by atoms with Crippen LogP contribution in [0.4, 0.5) is 0 Å². The van der Waals surface area contributed by atoms with Gasteiger partial charge in [-0.3, -0.25) is 9.59 Å². The van der Waals surface area contributed by atoms with Gasteiger partial charge in [0.05, 0.1) is 6.10 Å². The molecule has 1 amide bonds. The number of aliphatic hydroxyl groups is 2. The van der Waals surface area contributed by atoms with Gasteiger partial charge < -0.3 is 20.0 Å². The van der Waals surface area contributed by atoms with Gasteiger partial charge in [-0.1, -0.05) is 12.1 Å². The average Bonchev–Trinajstić information content (AvgIpc) is 3.06. The highest BCUT2D eigenvalue weighted by molar-refractivity contribution is 5.97. The second-order valence-corrected chi connectivity index (χ2v) is 7.58. The summed E-state index contributed by atoms with van der Waals surface area (Å²) in [5.74, 6) is 0.269. The molecule has 2 aliphatic rings. The summed E-state index contributed by atoms with van der Waals surface area (Å²) in [6.45, 7) is 5.38. The zero-order chi connectivity index (χ0) is 18.7. The van der Waals surface area contributed by atoms with Crippen molar-refractivity contribution in [1.29, 1.82) is 0 Å². The van der Waals surface area contributed by atoms with E-state index in [9.17, 15) is 19.8 Å². The van der Waals surface area contributed by atoms with Crippen LogP contribution in [0, 0.1) is 11.8 Å². The molecule has 0 bridgehead atoms. The SMILES string of the molecule is CC(=O)c1ccc(C(=O)N2C[C@@H](CO)[C@@H](CN3CCC(O)CC3)C2)cc1. The summed E-state index contributed by atoms with van der Waals surface area (Å²) in [5, 5.41) is 19.4. The Bertz CT molecular complexity index is 638. The first kappa shape index (κ1) is 19.0. The lowest BCUT2D eigenvalue weighted by Gasteiger charge is -2.32. The number of likely N-dealkylation sites (tertiary alicyclic amines) is 2. The standard InChI is InChI=1S/C20H28N2O4/c1-14(24)15-2-4-16(5-3-15)20(26)22-11-17(18(12-22)13-23)10-21-8-6-19(25)7-9-21/h2-5,17-19,23,25H,6-13H2,1H3/t17-,18-/m0/s1. The summed E-state index contributed by atoms with van der Waals surface area (Å²) >= 11 is 0. The molecule has 2 heterocycles. The second-order valence-electron chi connectivity index (χ2n) is 7.58. The molecule has 1 aromatic rings. The van der Waals surface area contributed by atoms with Crippen LogP contribution >= 0.6 is 0 Å².